The molecule has 3 unspecified atom stereocenters. The summed E-state index contributed by atoms with van der Waals surface area (Å²) in [4.78, 5) is 13.9. The normalized spacial score (nSPS) is 36.9. The lowest BCUT2D eigenvalue weighted by molar-refractivity contribution is 0.161. The second-order valence-corrected chi connectivity index (χ2v) is 6.42. The van der Waals surface area contributed by atoms with E-state index in [1.165, 1.54) is 38.5 Å². The molecule has 0 aromatic rings. The van der Waals surface area contributed by atoms with Crippen LogP contribution in [0.5, 0.6) is 0 Å². The summed E-state index contributed by atoms with van der Waals surface area (Å²) in [5.41, 5.74) is 0. The van der Waals surface area contributed by atoms with E-state index in [-0.39, 0.29) is 12.1 Å². The molecular weight excluding hydrogens is 226 g/mol. The molecule has 1 heterocycles. The molecule has 3 rings (SSSR count). The van der Waals surface area contributed by atoms with Crippen LogP contribution in [0.3, 0.4) is 0 Å². The summed E-state index contributed by atoms with van der Waals surface area (Å²) >= 11 is 0. The van der Waals surface area contributed by atoms with Gasteiger partial charge in [-0.25, -0.2) is 4.79 Å². The van der Waals surface area contributed by atoms with E-state index in [9.17, 15) is 4.79 Å². The van der Waals surface area contributed by atoms with Crippen molar-refractivity contribution in [1.82, 2.24) is 10.2 Å². The van der Waals surface area contributed by atoms with Gasteiger partial charge >= 0.3 is 6.03 Å². The van der Waals surface area contributed by atoms with Gasteiger partial charge in [0, 0.05) is 6.54 Å². The number of hydrogen-bond donors (Lipinski definition) is 2. The van der Waals surface area contributed by atoms with Gasteiger partial charge in [0.1, 0.15) is 5.84 Å². The molecule has 2 amide bonds. The highest BCUT2D eigenvalue weighted by Crippen LogP contribution is 2.37. The Morgan fingerprint density at radius 1 is 1.33 bits per heavy atom. The van der Waals surface area contributed by atoms with Crippen LogP contribution in [0.4, 0.5) is 4.79 Å². The van der Waals surface area contributed by atoms with Crippen molar-refractivity contribution in [3.05, 3.63) is 0 Å². The Morgan fingerprint density at radius 2 is 2.11 bits per heavy atom. The maximum Gasteiger partial charge on any atom is 0.323 e. The molecule has 2 saturated carbocycles. The number of amides is 2. The number of carbonyl (C=O) groups excluding carboxylic acids is 1. The van der Waals surface area contributed by atoms with Gasteiger partial charge in [-0.3, -0.25) is 10.7 Å². The molecule has 0 aromatic heterocycles. The monoisotopic (exact) mass is 249 g/mol. The van der Waals surface area contributed by atoms with Gasteiger partial charge in [-0.15, -0.1) is 0 Å². The van der Waals surface area contributed by atoms with Crippen LogP contribution in [-0.2, 0) is 0 Å². The van der Waals surface area contributed by atoms with Crippen LogP contribution in [0.2, 0.25) is 0 Å². The fraction of sp³-hybridized carbons (Fsp3) is 0.857. The van der Waals surface area contributed by atoms with E-state index < -0.39 is 0 Å². The van der Waals surface area contributed by atoms with Crippen molar-refractivity contribution in [2.75, 3.05) is 6.54 Å². The molecule has 4 heteroatoms. The van der Waals surface area contributed by atoms with Gasteiger partial charge in [-0.1, -0.05) is 19.8 Å². The van der Waals surface area contributed by atoms with Crippen molar-refractivity contribution in [2.45, 2.75) is 51.5 Å². The van der Waals surface area contributed by atoms with Crippen molar-refractivity contribution in [3.8, 4) is 0 Å². The molecule has 0 aromatic carbocycles. The third-order valence-corrected chi connectivity index (χ3v) is 4.71. The second-order valence-electron chi connectivity index (χ2n) is 6.42. The van der Waals surface area contributed by atoms with E-state index in [1.54, 1.807) is 0 Å². The van der Waals surface area contributed by atoms with E-state index in [1.807, 2.05) is 4.90 Å². The fourth-order valence-corrected chi connectivity index (χ4v) is 3.58. The van der Waals surface area contributed by atoms with E-state index >= 15 is 0 Å². The number of rotatable bonds is 3. The van der Waals surface area contributed by atoms with E-state index in [0.29, 0.717) is 17.7 Å². The minimum absolute atomic E-state index is 0.0323. The third kappa shape index (κ3) is 2.25. The Kier molecular flexibility index (Phi) is 3.04. The molecule has 2 aliphatic carbocycles. The maximum atomic E-state index is 12.0. The molecule has 0 bridgehead atoms. The zero-order valence-electron chi connectivity index (χ0n) is 11.1. The van der Waals surface area contributed by atoms with E-state index in [4.69, 9.17) is 5.41 Å². The summed E-state index contributed by atoms with van der Waals surface area (Å²) in [6.07, 6.45) is 7.41. The summed E-state index contributed by atoms with van der Waals surface area (Å²) in [5, 5.41) is 10.8. The first-order valence-electron chi connectivity index (χ1n) is 7.31. The Balaban J connectivity index is 1.73. The van der Waals surface area contributed by atoms with Crippen LogP contribution in [0.1, 0.15) is 45.4 Å². The molecule has 18 heavy (non-hydrogen) atoms. The largest absolute Gasteiger partial charge is 0.323 e. The second kappa shape index (κ2) is 4.56. The lowest BCUT2D eigenvalue weighted by atomic mass is 9.78. The highest BCUT2D eigenvalue weighted by atomic mass is 16.2. The predicted octanol–water partition coefficient (Wildman–Crippen LogP) is 2.59. The number of carbonyl (C=O) groups is 1. The Labute approximate surface area is 109 Å². The predicted molar refractivity (Wildman–Crippen MR) is 70.6 cm³/mol. The van der Waals surface area contributed by atoms with Gasteiger partial charge in [0.25, 0.3) is 0 Å². The smallest absolute Gasteiger partial charge is 0.314 e. The van der Waals surface area contributed by atoms with Crippen LogP contribution in [-0.4, -0.2) is 29.4 Å². The molecule has 3 aliphatic rings. The molecular formula is C14H23N3O. The first-order chi connectivity index (χ1) is 8.65. The van der Waals surface area contributed by atoms with E-state index in [2.05, 4.69) is 12.2 Å². The van der Waals surface area contributed by atoms with Gasteiger partial charge in [0.05, 0.1) is 6.04 Å². The van der Waals surface area contributed by atoms with Crippen molar-refractivity contribution in [2.24, 2.45) is 17.8 Å². The average Bonchev–Trinajstić information content (AvgIpc) is 3.07. The summed E-state index contributed by atoms with van der Waals surface area (Å²) in [6, 6.07) is 0.0102. The molecule has 100 valence electrons. The summed E-state index contributed by atoms with van der Waals surface area (Å²) in [5.74, 6) is 2.39. The summed E-state index contributed by atoms with van der Waals surface area (Å²) in [6.45, 7) is 3.16. The zero-order valence-corrected chi connectivity index (χ0v) is 11.1. The van der Waals surface area contributed by atoms with Gasteiger partial charge in [-0.05, 0) is 43.4 Å². The van der Waals surface area contributed by atoms with Gasteiger partial charge < -0.3 is 4.90 Å². The van der Waals surface area contributed by atoms with Crippen LogP contribution >= 0.6 is 0 Å². The number of nitrogens with zero attached hydrogens (tertiary/aromatic N) is 1. The number of hydrogen-bond acceptors (Lipinski definition) is 2. The van der Waals surface area contributed by atoms with Crippen molar-refractivity contribution in [3.63, 3.8) is 0 Å². The van der Waals surface area contributed by atoms with Crippen LogP contribution in [0.25, 0.3) is 0 Å². The van der Waals surface area contributed by atoms with Gasteiger partial charge in [-0.2, -0.15) is 0 Å². The Hall–Kier alpha value is -1.06. The standard InChI is InChI=1S/C14H23N3O/c1-9-3-2-4-11(7-9)12-13(15)16-14(18)17(12)8-10-5-6-10/h9-12H,2-8H2,1H3,(H2,15,16,18). The van der Waals surface area contributed by atoms with Crippen LogP contribution < -0.4 is 5.32 Å². The lowest BCUT2D eigenvalue weighted by Gasteiger charge is -2.34. The number of nitrogens with one attached hydrogen (secondary N) is 2. The molecule has 4 nitrogen and oxygen atoms in total. The minimum Gasteiger partial charge on any atom is -0.314 e. The average molecular weight is 249 g/mol. The van der Waals surface area contributed by atoms with E-state index in [0.717, 1.165) is 12.5 Å². The first kappa shape index (κ1) is 12.0. The summed E-state index contributed by atoms with van der Waals surface area (Å²) < 4.78 is 0. The maximum absolute atomic E-state index is 12.0. The molecule has 3 atom stereocenters. The molecule has 0 spiro atoms. The number of urea groups is 1. The minimum atomic E-state index is -0.0323. The Bertz CT molecular complexity index is 364. The fourth-order valence-electron chi connectivity index (χ4n) is 3.58. The Morgan fingerprint density at radius 3 is 2.78 bits per heavy atom. The lowest BCUT2D eigenvalue weighted by Crippen LogP contribution is -2.43. The quantitative estimate of drug-likeness (QED) is 0.793. The highest BCUT2D eigenvalue weighted by molar-refractivity contribution is 6.05. The molecule has 3 fully saturated rings. The van der Waals surface area contributed by atoms with Crippen LogP contribution in [0, 0.1) is 23.2 Å². The van der Waals surface area contributed by atoms with Crippen molar-refractivity contribution in [1.29, 1.82) is 5.41 Å². The molecule has 1 aliphatic heterocycles. The SMILES string of the molecule is CC1CCCC(C2C(=N)NC(=O)N2CC2CC2)C1. The van der Waals surface area contributed by atoms with Crippen molar-refractivity contribution < 1.29 is 4.79 Å². The zero-order chi connectivity index (χ0) is 12.7. The van der Waals surface area contributed by atoms with Gasteiger partial charge in [0.2, 0.25) is 0 Å². The molecule has 1 saturated heterocycles. The molecule has 0 radical (unpaired) electrons. The number of amidine groups is 1. The van der Waals surface area contributed by atoms with Crippen molar-refractivity contribution >= 4 is 11.9 Å². The summed E-state index contributed by atoms with van der Waals surface area (Å²) in [7, 11) is 0. The topological polar surface area (TPSA) is 56.2 Å². The van der Waals surface area contributed by atoms with Crippen LogP contribution in [0.15, 0.2) is 0 Å². The highest BCUT2D eigenvalue weighted by Gasteiger charge is 2.43. The molecule has 2 N–H and O–H groups in total. The van der Waals surface area contributed by atoms with Gasteiger partial charge in [0.15, 0.2) is 0 Å². The third-order valence-electron chi connectivity index (χ3n) is 4.71. The first-order valence-corrected chi connectivity index (χ1v) is 7.31.